The minimum absolute atomic E-state index is 0.130. The van der Waals surface area contributed by atoms with Gasteiger partial charge in [0.1, 0.15) is 0 Å². The van der Waals surface area contributed by atoms with Crippen LogP contribution in [0.25, 0.3) is 72.0 Å². The number of hydrogen-bond donors (Lipinski definition) is 0. The van der Waals surface area contributed by atoms with Gasteiger partial charge < -0.3 is 9.47 Å². The summed E-state index contributed by atoms with van der Waals surface area (Å²) in [5.74, 6) is 0. The van der Waals surface area contributed by atoms with Crippen molar-refractivity contribution >= 4 is 38.9 Å². The molecule has 0 atom stereocenters. The highest BCUT2D eigenvalue weighted by atomic mass is 15.1. The lowest BCUT2D eigenvalue weighted by Gasteiger charge is -2.31. The highest BCUT2D eigenvalue weighted by molar-refractivity contribution is 6.10. The van der Waals surface area contributed by atoms with Crippen LogP contribution in [0.4, 0.5) is 17.1 Å². The Hall–Kier alpha value is -7.42. The molecule has 0 amide bonds. The SMILES string of the molecule is CC1(C)c2ccccc2-c2ccc(N(c3ccc(-c4ccc5c(c4)c4ccccc4n5-c4ccccc4)cc3)c3ccccc3-c3cccc4c3C(C)(C)c3ccccc3-4)cc21. The first-order chi connectivity index (χ1) is 30.3. The van der Waals surface area contributed by atoms with Crippen LogP contribution < -0.4 is 4.90 Å². The van der Waals surface area contributed by atoms with E-state index in [1.807, 2.05) is 0 Å². The molecule has 296 valence electrons. The van der Waals surface area contributed by atoms with E-state index >= 15 is 0 Å². The molecule has 2 aliphatic rings. The van der Waals surface area contributed by atoms with Crippen molar-refractivity contribution in [2.75, 3.05) is 4.90 Å². The number of aromatic nitrogens is 1. The summed E-state index contributed by atoms with van der Waals surface area (Å²) in [7, 11) is 0. The molecule has 2 nitrogen and oxygen atoms in total. The third-order valence-electron chi connectivity index (χ3n) is 14.0. The van der Waals surface area contributed by atoms with Crippen molar-refractivity contribution in [3.05, 3.63) is 229 Å². The number of hydrogen-bond acceptors (Lipinski definition) is 1. The number of nitrogens with zero attached hydrogens (tertiary/aromatic N) is 2. The second-order valence-electron chi connectivity index (χ2n) is 18.1. The first-order valence-electron chi connectivity index (χ1n) is 21.9. The molecule has 1 aromatic heterocycles. The average Bonchev–Trinajstić information content (AvgIpc) is 3.86. The lowest BCUT2D eigenvalue weighted by Crippen LogP contribution is -2.18. The molecular formula is C60H46N2. The van der Waals surface area contributed by atoms with Gasteiger partial charge in [-0.1, -0.05) is 173 Å². The summed E-state index contributed by atoms with van der Waals surface area (Å²) in [5.41, 5.74) is 22.4. The second-order valence-corrected chi connectivity index (χ2v) is 18.1. The maximum absolute atomic E-state index is 2.49. The van der Waals surface area contributed by atoms with Gasteiger partial charge in [0.25, 0.3) is 0 Å². The van der Waals surface area contributed by atoms with E-state index in [1.54, 1.807) is 0 Å². The van der Waals surface area contributed by atoms with Gasteiger partial charge in [0, 0.05) is 44.2 Å². The fourth-order valence-electron chi connectivity index (χ4n) is 11.0. The molecular weight excluding hydrogens is 749 g/mol. The Labute approximate surface area is 364 Å². The van der Waals surface area contributed by atoms with Crippen molar-refractivity contribution in [1.29, 1.82) is 0 Å². The number of rotatable bonds is 6. The van der Waals surface area contributed by atoms with E-state index in [1.165, 1.54) is 94.3 Å². The van der Waals surface area contributed by atoms with Gasteiger partial charge in [-0.3, -0.25) is 0 Å². The van der Waals surface area contributed by atoms with Crippen molar-refractivity contribution in [2.24, 2.45) is 0 Å². The van der Waals surface area contributed by atoms with Gasteiger partial charge in [-0.2, -0.15) is 0 Å². The molecule has 0 unspecified atom stereocenters. The molecule has 2 heteroatoms. The van der Waals surface area contributed by atoms with Crippen molar-refractivity contribution < 1.29 is 0 Å². The molecule has 0 bridgehead atoms. The molecule has 12 rings (SSSR count). The highest BCUT2D eigenvalue weighted by Crippen LogP contribution is 2.55. The third-order valence-corrected chi connectivity index (χ3v) is 14.0. The Balaban J connectivity index is 1.02. The number of fused-ring (bicyclic) bond motifs is 9. The van der Waals surface area contributed by atoms with Crippen LogP contribution in [0.1, 0.15) is 49.9 Å². The van der Waals surface area contributed by atoms with E-state index in [0.717, 1.165) is 17.1 Å². The zero-order valence-corrected chi connectivity index (χ0v) is 35.5. The smallest absolute Gasteiger partial charge is 0.0541 e. The monoisotopic (exact) mass is 794 g/mol. The Bertz CT molecular complexity index is 3400. The van der Waals surface area contributed by atoms with Crippen LogP contribution in [0.5, 0.6) is 0 Å². The van der Waals surface area contributed by atoms with Crippen LogP contribution in [-0.4, -0.2) is 4.57 Å². The van der Waals surface area contributed by atoms with Gasteiger partial charge in [0.2, 0.25) is 0 Å². The molecule has 62 heavy (non-hydrogen) atoms. The molecule has 0 radical (unpaired) electrons. The summed E-state index contributed by atoms with van der Waals surface area (Å²) in [6, 6.07) is 76.5. The molecule has 0 spiro atoms. The van der Waals surface area contributed by atoms with Gasteiger partial charge in [-0.25, -0.2) is 0 Å². The molecule has 0 fully saturated rings. The van der Waals surface area contributed by atoms with Gasteiger partial charge in [-0.15, -0.1) is 0 Å². The van der Waals surface area contributed by atoms with E-state index in [-0.39, 0.29) is 10.8 Å². The van der Waals surface area contributed by atoms with E-state index in [0.29, 0.717) is 0 Å². The van der Waals surface area contributed by atoms with E-state index in [2.05, 4.69) is 243 Å². The van der Waals surface area contributed by atoms with Crippen molar-refractivity contribution in [1.82, 2.24) is 4.57 Å². The van der Waals surface area contributed by atoms with Gasteiger partial charge in [0.05, 0.1) is 16.7 Å². The third kappa shape index (κ3) is 5.29. The Morgan fingerprint density at radius 3 is 1.68 bits per heavy atom. The predicted octanol–water partition coefficient (Wildman–Crippen LogP) is 16.2. The van der Waals surface area contributed by atoms with Gasteiger partial charge in [0.15, 0.2) is 0 Å². The number of para-hydroxylation sites is 3. The van der Waals surface area contributed by atoms with Crippen molar-refractivity contribution in [3.63, 3.8) is 0 Å². The fourth-order valence-corrected chi connectivity index (χ4v) is 11.0. The zero-order chi connectivity index (χ0) is 41.7. The van der Waals surface area contributed by atoms with Gasteiger partial charge in [-0.05, 0) is 122 Å². The zero-order valence-electron chi connectivity index (χ0n) is 35.5. The minimum atomic E-state index is -0.153. The maximum Gasteiger partial charge on any atom is 0.0541 e. The Morgan fingerprint density at radius 2 is 0.903 bits per heavy atom. The summed E-state index contributed by atoms with van der Waals surface area (Å²) in [4.78, 5) is 2.49. The summed E-state index contributed by atoms with van der Waals surface area (Å²) >= 11 is 0. The van der Waals surface area contributed by atoms with Crippen LogP contribution in [0.3, 0.4) is 0 Å². The Morgan fingerprint density at radius 1 is 0.355 bits per heavy atom. The van der Waals surface area contributed by atoms with Gasteiger partial charge >= 0.3 is 0 Å². The number of benzene rings is 9. The summed E-state index contributed by atoms with van der Waals surface area (Å²) in [6.07, 6.45) is 0. The Kier molecular flexibility index (Phi) is 7.96. The van der Waals surface area contributed by atoms with Crippen LogP contribution >= 0.6 is 0 Å². The van der Waals surface area contributed by atoms with Crippen LogP contribution in [0.2, 0.25) is 0 Å². The molecule has 0 saturated carbocycles. The van der Waals surface area contributed by atoms with E-state index < -0.39 is 0 Å². The maximum atomic E-state index is 2.49. The first-order valence-corrected chi connectivity index (χ1v) is 21.9. The molecule has 0 N–H and O–H groups in total. The summed E-state index contributed by atoms with van der Waals surface area (Å²) in [5, 5.41) is 2.51. The van der Waals surface area contributed by atoms with E-state index in [4.69, 9.17) is 0 Å². The highest BCUT2D eigenvalue weighted by Gasteiger charge is 2.39. The van der Waals surface area contributed by atoms with Crippen LogP contribution in [-0.2, 0) is 10.8 Å². The van der Waals surface area contributed by atoms with Crippen molar-refractivity contribution in [2.45, 2.75) is 38.5 Å². The molecule has 0 aliphatic heterocycles. The molecule has 2 aliphatic carbocycles. The van der Waals surface area contributed by atoms with Crippen molar-refractivity contribution in [3.8, 4) is 50.2 Å². The number of anilines is 3. The molecule has 1 heterocycles. The van der Waals surface area contributed by atoms with E-state index in [9.17, 15) is 0 Å². The minimum Gasteiger partial charge on any atom is -0.310 e. The summed E-state index contributed by atoms with van der Waals surface area (Å²) < 4.78 is 2.38. The fraction of sp³-hybridized carbons (Fsp3) is 0.100. The molecule has 10 aromatic rings. The summed E-state index contributed by atoms with van der Waals surface area (Å²) in [6.45, 7) is 9.51. The largest absolute Gasteiger partial charge is 0.310 e. The lowest BCUT2D eigenvalue weighted by atomic mass is 9.78. The molecule has 0 saturated heterocycles. The van der Waals surface area contributed by atoms with Crippen LogP contribution in [0.15, 0.2) is 206 Å². The standard InChI is InChI=1S/C60H46N2/c1-59(2)52-25-12-8-19-44(52)46-35-34-43(38-54(46)59)61(55-27-14-10-21-47(55)50-24-16-23-49-45-20-9-13-26-53(45)60(3,4)58(49)50)42-32-29-39(30-33-42)40-31-36-57-51(37-40)48-22-11-15-28-56(48)62(57)41-17-6-5-7-18-41/h5-38H,1-4H3. The van der Waals surface area contributed by atoms with Crippen LogP contribution in [0, 0.1) is 0 Å². The normalized spacial score (nSPS) is 14.1. The average molecular weight is 795 g/mol. The topological polar surface area (TPSA) is 8.17 Å². The second kappa shape index (κ2) is 13.5. The quantitative estimate of drug-likeness (QED) is 0.163. The lowest BCUT2D eigenvalue weighted by molar-refractivity contribution is 0.660. The first kappa shape index (κ1) is 36.4. The predicted molar refractivity (Wildman–Crippen MR) is 261 cm³/mol. The molecule has 9 aromatic carbocycles.